The maximum Gasteiger partial charge on any atom is 0.198 e. The summed E-state index contributed by atoms with van der Waals surface area (Å²) < 4.78 is 19.2. The van der Waals surface area contributed by atoms with Gasteiger partial charge in [0.2, 0.25) is 0 Å². The summed E-state index contributed by atoms with van der Waals surface area (Å²) in [6, 6.07) is 3.48. The van der Waals surface area contributed by atoms with Crippen LogP contribution >= 0.6 is 0 Å². The molecule has 0 atom stereocenters. The summed E-state index contributed by atoms with van der Waals surface area (Å²) in [7, 11) is 0. The first-order chi connectivity index (χ1) is 11.2. The molecule has 3 nitrogen and oxygen atoms in total. The minimum atomic E-state index is -0.320. The molecule has 1 aromatic carbocycles. The molecular formula is C19H16FNO2. The maximum atomic E-state index is 13.6. The van der Waals surface area contributed by atoms with Gasteiger partial charge in [-0.25, -0.2) is 4.39 Å². The first kappa shape index (κ1) is 15.2. The van der Waals surface area contributed by atoms with E-state index in [9.17, 15) is 9.18 Å². The Morgan fingerprint density at radius 1 is 1.39 bits per heavy atom. The molecule has 0 N–H and O–H groups in total. The van der Waals surface area contributed by atoms with Crippen LogP contribution in [-0.4, -0.2) is 6.21 Å². The van der Waals surface area contributed by atoms with Crippen molar-refractivity contribution in [2.45, 2.75) is 19.9 Å². The van der Waals surface area contributed by atoms with Gasteiger partial charge >= 0.3 is 0 Å². The van der Waals surface area contributed by atoms with Crippen LogP contribution < -0.4 is 5.43 Å². The molecule has 0 saturated carbocycles. The predicted molar refractivity (Wildman–Crippen MR) is 91.4 cm³/mol. The van der Waals surface area contributed by atoms with E-state index in [-0.39, 0.29) is 17.8 Å². The van der Waals surface area contributed by atoms with Gasteiger partial charge in [-0.05, 0) is 48.8 Å². The number of fused-ring (bicyclic) bond motifs is 3. The van der Waals surface area contributed by atoms with E-state index in [1.165, 1.54) is 18.4 Å². The summed E-state index contributed by atoms with van der Waals surface area (Å²) in [6.07, 6.45) is 11.8. The van der Waals surface area contributed by atoms with Crippen LogP contribution in [0.25, 0.3) is 17.0 Å². The second-order valence-corrected chi connectivity index (χ2v) is 5.25. The summed E-state index contributed by atoms with van der Waals surface area (Å²) in [5.74, 6) is -0.320. The summed E-state index contributed by atoms with van der Waals surface area (Å²) in [5, 5.41) is 0.511. The Hall–Kier alpha value is -2.75. The van der Waals surface area contributed by atoms with Gasteiger partial charge in [-0.15, -0.1) is 0 Å². The molecule has 2 aromatic rings. The van der Waals surface area contributed by atoms with Gasteiger partial charge in [-0.3, -0.25) is 9.79 Å². The quantitative estimate of drug-likeness (QED) is 0.790. The Balaban J connectivity index is 2.15. The number of nitrogens with zero attached hydrogens (tertiary/aromatic N) is 1. The van der Waals surface area contributed by atoms with Crippen LogP contribution in [0.1, 0.15) is 23.6 Å². The lowest BCUT2D eigenvalue weighted by Crippen LogP contribution is -2.10. The van der Waals surface area contributed by atoms with Gasteiger partial charge in [0, 0.05) is 6.21 Å². The number of benzene rings is 1. The van der Waals surface area contributed by atoms with Crippen LogP contribution in [-0.2, 0) is 13.0 Å². The lowest BCUT2D eigenvalue weighted by molar-refractivity contribution is 0.592. The Labute approximate surface area is 133 Å². The largest absolute Gasteiger partial charge is 0.464 e. The molecule has 0 unspecified atom stereocenters. The molecule has 1 aliphatic rings. The van der Waals surface area contributed by atoms with Crippen molar-refractivity contribution in [1.29, 1.82) is 0 Å². The normalized spacial score (nSPS) is 14.4. The third kappa shape index (κ3) is 3.06. The summed E-state index contributed by atoms with van der Waals surface area (Å²) in [4.78, 5) is 17.0. The molecule has 0 aliphatic heterocycles. The SMILES string of the molecule is C/C=C\C=NCc1coc2ccc3c(c2c1=O)CC=CC(F)=C3. The maximum absolute atomic E-state index is 13.6. The van der Waals surface area contributed by atoms with Crippen molar-refractivity contribution in [3.05, 3.63) is 75.4 Å². The van der Waals surface area contributed by atoms with Crippen molar-refractivity contribution in [2.75, 3.05) is 0 Å². The molecule has 23 heavy (non-hydrogen) atoms. The van der Waals surface area contributed by atoms with E-state index in [1.54, 1.807) is 30.5 Å². The molecule has 1 aliphatic carbocycles. The molecule has 1 heterocycles. The first-order valence-corrected chi connectivity index (χ1v) is 7.42. The average Bonchev–Trinajstić information content (AvgIpc) is 2.73. The van der Waals surface area contributed by atoms with Crippen molar-refractivity contribution < 1.29 is 8.81 Å². The zero-order chi connectivity index (χ0) is 16.2. The highest BCUT2D eigenvalue weighted by molar-refractivity contribution is 5.85. The molecule has 0 spiro atoms. The summed E-state index contributed by atoms with van der Waals surface area (Å²) in [6.45, 7) is 2.15. The second kappa shape index (κ2) is 6.57. The third-order valence-corrected chi connectivity index (χ3v) is 3.70. The zero-order valence-electron chi connectivity index (χ0n) is 12.8. The molecular weight excluding hydrogens is 293 g/mol. The van der Waals surface area contributed by atoms with E-state index in [2.05, 4.69) is 4.99 Å². The van der Waals surface area contributed by atoms with Crippen LogP contribution in [0.3, 0.4) is 0 Å². The van der Waals surface area contributed by atoms with Gasteiger partial charge in [0.15, 0.2) is 5.43 Å². The Kier molecular flexibility index (Phi) is 4.33. The van der Waals surface area contributed by atoms with Crippen molar-refractivity contribution in [3.63, 3.8) is 0 Å². The fourth-order valence-electron chi connectivity index (χ4n) is 2.59. The number of halogens is 1. The van der Waals surface area contributed by atoms with Crippen LogP contribution in [0, 0.1) is 0 Å². The molecule has 4 heteroatoms. The number of aliphatic imine (C=N–C) groups is 1. The monoisotopic (exact) mass is 309 g/mol. The number of rotatable bonds is 3. The highest BCUT2D eigenvalue weighted by Gasteiger charge is 2.14. The van der Waals surface area contributed by atoms with Crippen molar-refractivity contribution in [2.24, 2.45) is 4.99 Å². The molecule has 0 saturated heterocycles. The van der Waals surface area contributed by atoms with Crippen LogP contribution in [0.15, 0.2) is 62.7 Å². The summed E-state index contributed by atoms with van der Waals surface area (Å²) >= 11 is 0. The molecule has 0 fully saturated rings. The van der Waals surface area contributed by atoms with Gasteiger partial charge in [0.05, 0.1) is 17.5 Å². The molecule has 0 radical (unpaired) electrons. The van der Waals surface area contributed by atoms with Crippen LogP contribution in [0.2, 0.25) is 0 Å². The number of allylic oxidation sites excluding steroid dienone is 5. The van der Waals surface area contributed by atoms with Gasteiger partial charge in [-0.1, -0.05) is 18.2 Å². The van der Waals surface area contributed by atoms with Gasteiger partial charge in [0.25, 0.3) is 0 Å². The average molecular weight is 309 g/mol. The van der Waals surface area contributed by atoms with E-state index in [1.807, 2.05) is 13.0 Å². The van der Waals surface area contributed by atoms with Gasteiger partial charge < -0.3 is 4.42 Å². The molecule has 3 rings (SSSR count). The van der Waals surface area contributed by atoms with Crippen molar-refractivity contribution in [3.8, 4) is 0 Å². The van der Waals surface area contributed by atoms with E-state index in [0.29, 0.717) is 28.5 Å². The van der Waals surface area contributed by atoms with E-state index in [0.717, 1.165) is 5.56 Å². The number of hydrogen-bond donors (Lipinski definition) is 0. The van der Waals surface area contributed by atoms with Crippen molar-refractivity contribution in [1.82, 2.24) is 0 Å². The van der Waals surface area contributed by atoms with Crippen LogP contribution in [0.4, 0.5) is 4.39 Å². The smallest absolute Gasteiger partial charge is 0.198 e. The van der Waals surface area contributed by atoms with E-state index >= 15 is 0 Å². The molecule has 116 valence electrons. The van der Waals surface area contributed by atoms with E-state index in [4.69, 9.17) is 4.42 Å². The van der Waals surface area contributed by atoms with Gasteiger partial charge in [0.1, 0.15) is 17.7 Å². The highest BCUT2D eigenvalue weighted by Crippen LogP contribution is 2.26. The minimum absolute atomic E-state index is 0.107. The Morgan fingerprint density at radius 2 is 2.26 bits per heavy atom. The van der Waals surface area contributed by atoms with Gasteiger partial charge in [-0.2, -0.15) is 0 Å². The van der Waals surface area contributed by atoms with Crippen LogP contribution in [0.5, 0.6) is 0 Å². The zero-order valence-corrected chi connectivity index (χ0v) is 12.8. The lowest BCUT2D eigenvalue weighted by atomic mass is 9.99. The fraction of sp³-hybridized carbons (Fsp3) is 0.158. The topological polar surface area (TPSA) is 42.6 Å². The predicted octanol–water partition coefficient (Wildman–Crippen LogP) is 4.36. The third-order valence-electron chi connectivity index (χ3n) is 3.70. The first-order valence-electron chi connectivity index (χ1n) is 7.42. The fourth-order valence-corrected chi connectivity index (χ4v) is 2.59. The Bertz CT molecular complexity index is 917. The minimum Gasteiger partial charge on any atom is -0.464 e. The molecule has 0 amide bonds. The molecule has 0 bridgehead atoms. The van der Waals surface area contributed by atoms with E-state index < -0.39 is 0 Å². The van der Waals surface area contributed by atoms with Crippen molar-refractivity contribution >= 4 is 23.3 Å². The lowest BCUT2D eigenvalue weighted by Gasteiger charge is -2.08. The standard InChI is InChI=1S/C19H16FNO2/c1-2-3-9-21-11-14-12-23-17-8-7-13-10-15(20)5-4-6-16(13)18(17)19(14)22/h2-5,7-10,12H,6,11H2,1H3/b3-2-,21-9?. The number of hydrogen-bond acceptors (Lipinski definition) is 3. The highest BCUT2D eigenvalue weighted by atomic mass is 19.1. The summed E-state index contributed by atoms with van der Waals surface area (Å²) in [5.41, 5.74) is 2.40. The molecule has 1 aromatic heterocycles. The Morgan fingerprint density at radius 3 is 3.09 bits per heavy atom. The second-order valence-electron chi connectivity index (χ2n) is 5.25.